The number of rotatable bonds is 1. The molecule has 0 radical (unpaired) electrons. The molecular formula is C13H23NO2Si. The molecule has 0 spiro atoms. The fourth-order valence-corrected chi connectivity index (χ4v) is 2.61. The van der Waals surface area contributed by atoms with Crippen molar-refractivity contribution >= 4 is 14.2 Å². The molecule has 1 rings (SSSR count). The summed E-state index contributed by atoms with van der Waals surface area (Å²) in [6.07, 6.45) is 4.15. The van der Waals surface area contributed by atoms with Crippen LogP contribution in [0, 0.1) is 17.4 Å². The Morgan fingerprint density at radius 1 is 1.29 bits per heavy atom. The van der Waals surface area contributed by atoms with Crippen LogP contribution in [0.4, 0.5) is 4.79 Å². The van der Waals surface area contributed by atoms with Gasteiger partial charge in [0.2, 0.25) is 0 Å². The zero-order valence-electron chi connectivity index (χ0n) is 11.3. The second-order valence-electron chi connectivity index (χ2n) is 5.65. The summed E-state index contributed by atoms with van der Waals surface area (Å²) in [4.78, 5) is 11.3. The fraction of sp³-hybridized carbons (Fsp3) is 0.769. The number of methoxy groups -OCH3 is 1. The molecule has 17 heavy (non-hydrogen) atoms. The van der Waals surface area contributed by atoms with Crippen molar-refractivity contribution in [2.75, 3.05) is 7.11 Å². The summed E-state index contributed by atoms with van der Waals surface area (Å²) in [5, 5.41) is 2.91. The van der Waals surface area contributed by atoms with Crippen molar-refractivity contribution in [2.45, 2.75) is 51.4 Å². The van der Waals surface area contributed by atoms with Crippen molar-refractivity contribution < 1.29 is 9.53 Å². The molecule has 0 aromatic rings. The van der Waals surface area contributed by atoms with Crippen LogP contribution in [-0.4, -0.2) is 27.3 Å². The van der Waals surface area contributed by atoms with E-state index >= 15 is 0 Å². The number of hydrogen-bond acceptors (Lipinski definition) is 2. The van der Waals surface area contributed by atoms with Gasteiger partial charge in [-0.1, -0.05) is 32.5 Å². The van der Waals surface area contributed by atoms with Gasteiger partial charge in [0, 0.05) is 12.0 Å². The minimum absolute atomic E-state index is 0.167. The highest BCUT2D eigenvalue weighted by Crippen LogP contribution is 2.24. The van der Waals surface area contributed by atoms with Gasteiger partial charge in [0.05, 0.1) is 7.11 Å². The maximum absolute atomic E-state index is 11.3. The number of nitrogens with one attached hydrogen (secondary N) is 1. The molecule has 3 nitrogen and oxygen atoms in total. The Balaban J connectivity index is 2.65. The van der Waals surface area contributed by atoms with E-state index in [2.05, 4.69) is 41.2 Å². The van der Waals surface area contributed by atoms with Crippen molar-refractivity contribution in [3.05, 3.63) is 0 Å². The summed E-state index contributed by atoms with van der Waals surface area (Å²) in [7, 11) is 0.0796. The van der Waals surface area contributed by atoms with Gasteiger partial charge in [-0.15, -0.1) is 11.5 Å². The van der Waals surface area contributed by atoms with Crippen LogP contribution in [0.5, 0.6) is 0 Å². The monoisotopic (exact) mass is 253 g/mol. The lowest BCUT2D eigenvalue weighted by molar-refractivity contribution is 0.159. The highest BCUT2D eigenvalue weighted by Gasteiger charge is 2.25. The minimum atomic E-state index is -1.32. The molecule has 1 saturated carbocycles. The van der Waals surface area contributed by atoms with Crippen LogP contribution in [0.2, 0.25) is 19.6 Å². The van der Waals surface area contributed by atoms with Crippen molar-refractivity contribution in [1.82, 2.24) is 5.32 Å². The van der Waals surface area contributed by atoms with Crippen LogP contribution in [0.25, 0.3) is 0 Å². The lowest BCUT2D eigenvalue weighted by Crippen LogP contribution is -2.41. The smallest absolute Gasteiger partial charge is 0.407 e. The van der Waals surface area contributed by atoms with Gasteiger partial charge in [-0.05, 0) is 12.8 Å². The van der Waals surface area contributed by atoms with Gasteiger partial charge in [0.25, 0.3) is 0 Å². The Kier molecular flexibility index (Phi) is 5.07. The maximum Gasteiger partial charge on any atom is 0.407 e. The number of hydrogen-bond donors (Lipinski definition) is 1. The number of carbonyl (C=O) groups excluding carboxylic acids is 1. The molecule has 0 aromatic heterocycles. The van der Waals surface area contributed by atoms with Gasteiger partial charge in [-0.2, -0.15) is 0 Å². The van der Waals surface area contributed by atoms with E-state index in [-0.39, 0.29) is 12.1 Å². The van der Waals surface area contributed by atoms with Gasteiger partial charge in [-0.25, -0.2) is 4.79 Å². The van der Waals surface area contributed by atoms with E-state index in [0.717, 1.165) is 12.8 Å². The second kappa shape index (κ2) is 6.11. The molecule has 1 aliphatic rings. The van der Waals surface area contributed by atoms with Crippen molar-refractivity contribution in [3.8, 4) is 11.5 Å². The van der Waals surface area contributed by atoms with Gasteiger partial charge in [-0.3, -0.25) is 0 Å². The first-order valence-electron chi connectivity index (χ1n) is 6.29. The maximum atomic E-state index is 11.3. The largest absolute Gasteiger partial charge is 0.453 e. The number of alkyl carbamates (subject to hydrolysis) is 1. The lowest BCUT2D eigenvalue weighted by Gasteiger charge is -2.28. The quantitative estimate of drug-likeness (QED) is 0.576. The molecule has 2 atom stereocenters. The summed E-state index contributed by atoms with van der Waals surface area (Å²) in [5.41, 5.74) is 3.41. The van der Waals surface area contributed by atoms with Gasteiger partial charge in [0.1, 0.15) is 8.07 Å². The minimum Gasteiger partial charge on any atom is -0.453 e. The predicted molar refractivity (Wildman–Crippen MR) is 72.4 cm³/mol. The second-order valence-corrected chi connectivity index (χ2v) is 10.4. The summed E-state index contributed by atoms with van der Waals surface area (Å²) in [6.45, 7) is 6.72. The van der Waals surface area contributed by atoms with Gasteiger partial charge < -0.3 is 10.1 Å². The van der Waals surface area contributed by atoms with Crippen LogP contribution < -0.4 is 5.32 Å². The SMILES string of the molecule is COC(=O)N[C@@H]1CCCC[C@@H]1C#C[Si](C)(C)C. The van der Waals surface area contributed by atoms with E-state index in [1.54, 1.807) is 0 Å². The van der Waals surface area contributed by atoms with E-state index in [4.69, 9.17) is 0 Å². The normalized spacial score (nSPS) is 24.5. The van der Waals surface area contributed by atoms with Gasteiger partial charge >= 0.3 is 6.09 Å². The molecule has 0 aromatic carbocycles. The molecule has 1 aliphatic carbocycles. The Bertz CT molecular complexity index is 325. The van der Waals surface area contributed by atoms with Crippen LogP contribution in [0.3, 0.4) is 0 Å². The fourth-order valence-electron chi connectivity index (χ4n) is 2.00. The van der Waals surface area contributed by atoms with Crippen LogP contribution in [0.1, 0.15) is 25.7 Å². The molecule has 0 heterocycles. The standard InChI is InChI=1S/C13H23NO2Si/c1-16-13(15)14-12-8-6-5-7-11(12)9-10-17(2,3)4/h11-12H,5-8H2,1-4H3,(H,14,15)/t11-,12-/m1/s1. The number of carbonyl (C=O) groups is 1. The van der Waals surface area contributed by atoms with E-state index in [1.807, 2.05) is 0 Å². The zero-order valence-corrected chi connectivity index (χ0v) is 12.3. The predicted octanol–water partition coefficient (Wildman–Crippen LogP) is 2.78. The van der Waals surface area contributed by atoms with Crippen molar-refractivity contribution in [3.63, 3.8) is 0 Å². The summed E-state index contributed by atoms with van der Waals surface area (Å²) >= 11 is 0. The molecule has 1 amide bonds. The lowest BCUT2D eigenvalue weighted by atomic mass is 9.85. The average molecular weight is 253 g/mol. The Morgan fingerprint density at radius 3 is 2.53 bits per heavy atom. The summed E-state index contributed by atoms with van der Waals surface area (Å²) in [6, 6.07) is 0.167. The first-order chi connectivity index (χ1) is 7.92. The third kappa shape index (κ3) is 5.27. The van der Waals surface area contributed by atoms with E-state index in [1.165, 1.54) is 20.0 Å². The Morgan fingerprint density at radius 2 is 1.94 bits per heavy atom. The molecule has 4 heteroatoms. The first kappa shape index (κ1) is 14.1. The number of amides is 1. The molecule has 0 saturated heterocycles. The molecule has 1 fully saturated rings. The van der Waals surface area contributed by atoms with E-state index in [9.17, 15) is 4.79 Å². The number of ether oxygens (including phenoxy) is 1. The third-order valence-electron chi connectivity index (χ3n) is 2.89. The van der Waals surface area contributed by atoms with E-state index < -0.39 is 8.07 Å². The van der Waals surface area contributed by atoms with Crippen molar-refractivity contribution in [2.24, 2.45) is 5.92 Å². The highest BCUT2D eigenvalue weighted by atomic mass is 28.3. The van der Waals surface area contributed by atoms with Crippen LogP contribution in [-0.2, 0) is 4.74 Å². The van der Waals surface area contributed by atoms with E-state index in [0.29, 0.717) is 5.92 Å². The third-order valence-corrected chi connectivity index (χ3v) is 3.78. The molecule has 0 aliphatic heterocycles. The molecule has 96 valence electrons. The van der Waals surface area contributed by atoms with Crippen molar-refractivity contribution in [1.29, 1.82) is 0 Å². The van der Waals surface area contributed by atoms with Crippen LogP contribution >= 0.6 is 0 Å². The molecule has 0 unspecified atom stereocenters. The van der Waals surface area contributed by atoms with Gasteiger partial charge in [0.15, 0.2) is 0 Å². The molecule has 1 N–H and O–H groups in total. The molecular weight excluding hydrogens is 230 g/mol. The molecule has 0 bridgehead atoms. The first-order valence-corrected chi connectivity index (χ1v) is 9.79. The Hall–Kier alpha value is -0.953. The summed E-state index contributed by atoms with van der Waals surface area (Å²) in [5.74, 6) is 3.68. The Labute approximate surface area is 105 Å². The van der Waals surface area contributed by atoms with Crippen LogP contribution in [0.15, 0.2) is 0 Å². The topological polar surface area (TPSA) is 38.3 Å². The zero-order chi connectivity index (χ0) is 12.9. The summed E-state index contributed by atoms with van der Waals surface area (Å²) < 4.78 is 4.66. The average Bonchev–Trinajstić information content (AvgIpc) is 2.26. The highest BCUT2D eigenvalue weighted by molar-refractivity contribution is 6.83.